The van der Waals surface area contributed by atoms with Gasteiger partial charge in [0.15, 0.2) is 5.76 Å². The summed E-state index contributed by atoms with van der Waals surface area (Å²) in [5.74, 6) is -1.38. The second-order valence-electron chi connectivity index (χ2n) is 5.85. The molecule has 0 radical (unpaired) electrons. The average Bonchev–Trinajstić information content (AvgIpc) is 2.82. The maximum absolute atomic E-state index is 12.3. The number of rotatable bonds is 6. The van der Waals surface area contributed by atoms with E-state index in [4.69, 9.17) is 23.2 Å². The number of nitrogens with zero attached hydrogens (tertiary/aromatic N) is 1. The molecule has 7 heteroatoms. The molecule has 1 aromatic carbocycles. The SMILES string of the molecule is CCC(CCc1ccc(Cl)c(Cl)c1)NC(=O)C1=C(O)C(=O)N(C)C1. The van der Waals surface area contributed by atoms with Gasteiger partial charge >= 0.3 is 0 Å². The predicted molar refractivity (Wildman–Crippen MR) is 94.3 cm³/mol. The summed E-state index contributed by atoms with van der Waals surface area (Å²) in [5, 5.41) is 13.7. The number of carbonyl (C=O) groups excluding carboxylic acids is 2. The molecule has 1 unspecified atom stereocenters. The molecule has 130 valence electrons. The van der Waals surface area contributed by atoms with Crippen molar-refractivity contribution in [2.24, 2.45) is 0 Å². The molecule has 2 rings (SSSR count). The van der Waals surface area contributed by atoms with Gasteiger partial charge in [-0.25, -0.2) is 0 Å². The molecule has 1 aliphatic heterocycles. The Balaban J connectivity index is 1.96. The molecule has 0 saturated carbocycles. The molecule has 2 N–H and O–H groups in total. The lowest BCUT2D eigenvalue weighted by atomic mass is 10.0. The van der Waals surface area contributed by atoms with Gasteiger partial charge in [-0.15, -0.1) is 0 Å². The molecule has 0 aromatic heterocycles. The zero-order valence-electron chi connectivity index (χ0n) is 13.6. The Morgan fingerprint density at radius 1 is 1.38 bits per heavy atom. The van der Waals surface area contributed by atoms with Gasteiger partial charge in [0.2, 0.25) is 0 Å². The van der Waals surface area contributed by atoms with Gasteiger partial charge in [-0.3, -0.25) is 9.59 Å². The van der Waals surface area contributed by atoms with Crippen molar-refractivity contribution >= 4 is 35.0 Å². The number of benzene rings is 1. The monoisotopic (exact) mass is 370 g/mol. The van der Waals surface area contributed by atoms with E-state index in [0.717, 1.165) is 24.8 Å². The number of hydrogen-bond donors (Lipinski definition) is 2. The van der Waals surface area contributed by atoms with Crippen LogP contribution in [0.15, 0.2) is 29.5 Å². The standard InChI is InChI=1S/C17H20Cl2N2O3/c1-3-11(6-4-10-5-7-13(18)14(19)8-10)20-16(23)12-9-21(2)17(24)15(12)22/h5,7-8,11,22H,3-4,6,9H2,1-2H3,(H,20,23). The molecule has 0 saturated heterocycles. The Bertz CT molecular complexity index is 688. The van der Waals surface area contributed by atoms with E-state index < -0.39 is 17.6 Å². The Kier molecular flexibility index (Phi) is 6.13. The third-order valence-electron chi connectivity index (χ3n) is 4.10. The third kappa shape index (κ3) is 4.22. The van der Waals surface area contributed by atoms with E-state index in [1.807, 2.05) is 19.1 Å². The van der Waals surface area contributed by atoms with Crippen molar-refractivity contribution in [2.45, 2.75) is 32.2 Å². The summed E-state index contributed by atoms with van der Waals surface area (Å²) in [5.41, 5.74) is 1.16. The van der Waals surface area contributed by atoms with E-state index in [9.17, 15) is 14.7 Å². The van der Waals surface area contributed by atoms with E-state index in [2.05, 4.69) is 5.32 Å². The minimum atomic E-state index is -0.524. The lowest BCUT2D eigenvalue weighted by Crippen LogP contribution is -2.36. The smallest absolute Gasteiger partial charge is 0.289 e. The van der Waals surface area contributed by atoms with Gasteiger partial charge in [-0.1, -0.05) is 36.2 Å². The van der Waals surface area contributed by atoms with Crippen LogP contribution in [0, 0.1) is 0 Å². The highest BCUT2D eigenvalue weighted by Gasteiger charge is 2.32. The summed E-state index contributed by atoms with van der Waals surface area (Å²) in [6, 6.07) is 5.41. The zero-order valence-corrected chi connectivity index (χ0v) is 15.1. The van der Waals surface area contributed by atoms with E-state index in [1.165, 1.54) is 4.90 Å². The summed E-state index contributed by atoms with van der Waals surface area (Å²) in [7, 11) is 1.54. The summed E-state index contributed by atoms with van der Waals surface area (Å²) in [6.45, 7) is 2.10. The van der Waals surface area contributed by atoms with Crippen molar-refractivity contribution in [3.63, 3.8) is 0 Å². The molecule has 0 spiro atoms. The largest absolute Gasteiger partial charge is 0.503 e. The number of carbonyl (C=O) groups is 2. The molecule has 5 nitrogen and oxygen atoms in total. The van der Waals surface area contributed by atoms with Crippen LogP contribution in [0.4, 0.5) is 0 Å². The maximum atomic E-state index is 12.3. The second kappa shape index (κ2) is 7.90. The van der Waals surface area contributed by atoms with Gasteiger partial charge in [0.05, 0.1) is 22.2 Å². The summed E-state index contributed by atoms with van der Waals surface area (Å²) >= 11 is 11.9. The highest BCUT2D eigenvalue weighted by atomic mass is 35.5. The molecule has 2 amide bonds. The minimum Gasteiger partial charge on any atom is -0.503 e. The van der Waals surface area contributed by atoms with Gasteiger partial charge in [0.1, 0.15) is 0 Å². The highest BCUT2D eigenvalue weighted by Crippen LogP contribution is 2.23. The van der Waals surface area contributed by atoms with Gasteiger partial charge in [-0.05, 0) is 37.0 Å². The van der Waals surface area contributed by atoms with E-state index in [-0.39, 0.29) is 18.2 Å². The van der Waals surface area contributed by atoms with Gasteiger partial charge in [0, 0.05) is 13.1 Å². The number of nitrogens with one attached hydrogen (secondary N) is 1. The third-order valence-corrected chi connectivity index (χ3v) is 4.84. The predicted octanol–water partition coefficient (Wildman–Crippen LogP) is 3.10. The van der Waals surface area contributed by atoms with Crippen molar-refractivity contribution in [1.82, 2.24) is 10.2 Å². The van der Waals surface area contributed by atoms with Gasteiger partial charge < -0.3 is 15.3 Å². The fourth-order valence-corrected chi connectivity index (χ4v) is 2.88. The Morgan fingerprint density at radius 2 is 2.08 bits per heavy atom. The normalized spacial score (nSPS) is 15.8. The molecule has 1 heterocycles. The van der Waals surface area contributed by atoms with Gasteiger partial charge in [0.25, 0.3) is 11.8 Å². The topological polar surface area (TPSA) is 69.6 Å². The van der Waals surface area contributed by atoms with Crippen LogP contribution < -0.4 is 5.32 Å². The number of aliphatic hydroxyl groups is 1. The molecular formula is C17H20Cl2N2O3. The average molecular weight is 371 g/mol. The summed E-state index contributed by atoms with van der Waals surface area (Å²) in [4.78, 5) is 25.1. The first-order valence-corrected chi connectivity index (χ1v) is 8.51. The minimum absolute atomic E-state index is 0.0618. The number of hydrogen-bond acceptors (Lipinski definition) is 3. The van der Waals surface area contributed by atoms with E-state index in [1.54, 1.807) is 13.1 Å². The lowest BCUT2D eigenvalue weighted by molar-refractivity contribution is -0.126. The van der Waals surface area contributed by atoms with Crippen molar-refractivity contribution < 1.29 is 14.7 Å². The van der Waals surface area contributed by atoms with Crippen molar-refractivity contribution in [2.75, 3.05) is 13.6 Å². The number of likely N-dealkylation sites (N-methyl/N-ethyl adjacent to an activating group) is 1. The zero-order chi connectivity index (χ0) is 17.9. The van der Waals surface area contributed by atoms with E-state index in [0.29, 0.717) is 10.0 Å². The second-order valence-corrected chi connectivity index (χ2v) is 6.67. The van der Waals surface area contributed by atoms with Crippen LogP contribution in [-0.2, 0) is 16.0 Å². The maximum Gasteiger partial charge on any atom is 0.289 e. The van der Waals surface area contributed by atoms with E-state index >= 15 is 0 Å². The Hall–Kier alpha value is -1.72. The number of aryl methyl sites for hydroxylation is 1. The molecule has 1 aliphatic rings. The fraction of sp³-hybridized carbons (Fsp3) is 0.412. The fourth-order valence-electron chi connectivity index (χ4n) is 2.56. The van der Waals surface area contributed by atoms with Crippen molar-refractivity contribution in [3.8, 4) is 0 Å². The van der Waals surface area contributed by atoms with Gasteiger partial charge in [-0.2, -0.15) is 0 Å². The Morgan fingerprint density at radius 3 is 2.62 bits per heavy atom. The first kappa shape index (κ1) is 18.6. The molecule has 0 aliphatic carbocycles. The molecule has 0 fully saturated rings. The Labute approximate surface area is 151 Å². The van der Waals surface area contributed by atoms with Crippen LogP contribution in [0.1, 0.15) is 25.3 Å². The van der Waals surface area contributed by atoms with Crippen LogP contribution in [0.25, 0.3) is 0 Å². The molecule has 24 heavy (non-hydrogen) atoms. The number of amides is 2. The first-order valence-electron chi connectivity index (χ1n) is 7.75. The van der Waals surface area contributed by atoms with Crippen LogP contribution in [0.2, 0.25) is 10.0 Å². The number of halogens is 2. The molecule has 1 aromatic rings. The lowest BCUT2D eigenvalue weighted by Gasteiger charge is -2.18. The van der Waals surface area contributed by atoms with Crippen LogP contribution in [0.3, 0.4) is 0 Å². The first-order chi connectivity index (χ1) is 11.3. The highest BCUT2D eigenvalue weighted by molar-refractivity contribution is 6.42. The van der Waals surface area contributed by atoms with Crippen molar-refractivity contribution in [1.29, 1.82) is 0 Å². The molecule has 1 atom stereocenters. The summed E-state index contributed by atoms with van der Waals surface area (Å²) < 4.78 is 0. The quantitative estimate of drug-likeness (QED) is 0.807. The number of aliphatic hydroxyl groups excluding tert-OH is 1. The molecule has 0 bridgehead atoms. The van der Waals surface area contributed by atoms with Crippen molar-refractivity contribution in [3.05, 3.63) is 45.1 Å². The molecular weight excluding hydrogens is 351 g/mol. The van der Waals surface area contributed by atoms with Crippen LogP contribution in [-0.4, -0.2) is 41.5 Å². The summed E-state index contributed by atoms with van der Waals surface area (Å²) in [6.07, 6.45) is 2.20. The van der Waals surface area contributed by atoms with Crippen LogP contribution >= 0.6 is 23.2 Å². The van der Waals surface area contributed by atoms with Crippen LogP contribution in [0.5, 0.6) is 0 Å².